The molecule has 0 bridgehead atoms. The summed E-state index contributed by atoms with van der Waals surface area (Å²) in [6.45, 7) is 4.15. The van der Waals surface area contributed by atoms with Gasteiger partial charge in [-0.1, -0.05) is 18.2 Å². The molecule has 0 aliphatic carbocycles. The molecule has 88 valence electrons. The third kappa shape index (κ3) is 5.36. The molecule has 4 heteroatoms. The Morgan fingerprint density at radius 3 is 2.56 bits per heavy atom. The van der Waals surface area contributed by atoms with E-state index in [9.17, 15) is 4.79 Å². The quantitative estimate of drug-likeness (QED) is 0.778. The molecule has 0 atom stereocenters. The average Bonchev–Trinajstić information content (AvgIpc) is 2.24. The van der Waals surface area contributed by atoms with Crippen LogP contribution in [0, 0.1) is 0 Å². The van der Waals surface area contributed by atoms with Gasteiger partial charge in [-0.05, 0) is 26.0 Å². The Labute approximate surface area is 95.8 Å². The second-order valence-electron chi connectivity index (χ2n) is 4.37. The number of nitrogens with one attached hydrogen (secondary N) is 1. The van der Waals surface area contributed by atoms with E-state index in [0.29, 0.717) is 12.3 Å². The molecule has 0 fully saturated rings. The molecule has 0 aliphatic heterocycles. The van der Waals surface area contributed by atoms with Crippen LogP contribution >= 0.6 is 0 Å². The lowest BCUT2D eigenvalue weighted by atomic mass is 10.1. The van der Waals surface area contributed by atoms with Crippen molar-refractivity contribution in [2.75, 3.05) is 13.2 Å². The molecule has 16 heavy (non-hydrogen) atoms. The summed E-state index contributed by atoms with van der Waals surface area (Å²) in [5.74, 6) is 0.520. The van der Waals surface area contributed by atoms with E-state index in [-0.39, 0.29) is 12.5 Å². The van der Waals surface area contributed by atoms with E-state index in [1.165, 1.54) is 0 Å². The van der Waals surface area contributed by atoms with Gasteiger partial charge in [0.15, 0.2) is 6.61 Å². The van der Waals surface area contributed by atoms with Gasteiger partial charge in [0.05, 0.1) is 0 Å². The molecule has 1 aromatic rings. The van der Waals surface area contributed by atoms with Gasteiger partial charge >= 0.3 is 0 Å². The third-order valence-electron chi connectivity index (χ3n) is 1.85. The van der Waals surface area contributed by atoms with Gasteiger partial charge in [-0.25, -0.2) is 0 Å². The molecule has 3 N–H and O–H groups in total. The molecule has 0 saturated carbocycles. The Balaban J connectivity index is 2.26. The van der Waals surface area contributed by atoms with Crippen LogP contribution in [-0.4, -0.2) is 24.6 Å². The predicted octanol–water partition coefficient (Wildman–Crippen LogP) is 0.919. The molecule has 0 unspecified atom stereocenters. The number of carbonyl (C=O) groups is 1. The smallest absolute Gasteiger partial charge is 0.258 e. The first-order valence-corrected chi connectivity index (χ1v) is 5.21. The maximum absolute atomic E-state index is 11.4. The van der Waals surface area contributed by atoms with E-state index in [2.05, 4.69) is 5.32 Å². The van der Waals surface area contributed by atoms with Crippen LogP contribution in [0.25, 0.3) is 0 Å². The number of ether oxygens (including phenoxy) is 1. The first-order chi connectivity index (χ1) is 7.47. The van der Waals surface area contributed by atoms with Crippen molar-refractivity contribution in [3.63, 3.8) is 0 Å². The summed E-state index contributed by atoms with van der Waals surface area (Å²) in [5, 5.41) is 2.70. The van der Waals surface area contributed by atoms with Crippen molar-refractivity contribution in [3.05, 3.63) is 30.3 Å². The molecule has 1 amide bonds. The summed E-state index contributed by atoms with van der Waals surface area (Å²) >= 11 is 0. The van der Waals surface area contributed by atoms with Crippen LogP contribution in [-0.2, 0) is 4.79 Å². The minimum Gasteiger partial charge on any atom is -0.484 e. The highest BCUT2D eigenvalue weighted by Gasteiger charge is 2.12. The predicted molar refractivity (Wildman–Crippen MR) is 63.2 cm³/mol. The Morgan fingerprint density at radius 2 is 2.00 bits per heavy atom. The van der Waals surface area contributed by atoms with Crippen LogP contribution in [0.3, 0.4) is 0 Å². The Hall–Kier alpha value is -1.55. The van der Waals surface area contributed by atoms with Gasteiger partial charge in [0.2, 0.25) is 0 Å². The third-order valence-corrected chi connectivity index (χ3v) is 1.85. The number of hydrogen-bond acceptors (Lipinski definition) is 3. The van der Waals surface area contributed by atoms with Crippen LogP contribution in [0.4, 0.5) is 0 Å². The van der Waals surface area contributed by atoms with Crippen molar-refractivity contribution in [2.45, 2.75) is 19.4 Å². The first kappa shape index (κ1) is 12.5. The van der Waals surface area contributed by atoms with Gasteiger partial charge in [-0.3, -0.25) is 4.79 Å². The molecular weight excluding hydrogens is 204 g/mol. The molecule has 0 aromatic heterocycles. The Kier molecular flexibility index (Phi) is 4.31. The van der Waals surface area contributed by atoms with E-state index in [4.69, 9.17) is 10.5 Å². The number of benzene rings is 1. The Morgan fingerprint density at radius 1 is 1.38 bits per heavy atom. The fourth-order valence-electron chi connectivity index (χ4n) is 1.04. The molecule has 0 saturated heterocycles. The van der Waals surface area contributed by atoms with Crippen molar-refractivity contribution in [2.24, 2.45) is 5.73 Å². The van der Waals surface area contributed by atoms with Gasteiger partial charge in [0, 0.05) is 12.1 Å². The summed E-state index contributed by atoms with van der Waals surface area (Å²) < 4.78 is 5.28. The highest BCUT2D eigenvalue weighted by atomic mass is 16.5. The van der Waals surface area contributed by atoms with E-state index in [1.54, 1.807) is 12.1 Å². The molecule has 1 rings (SSSR count). The number of para-hydroxylation sites is 1. The van der Waals surface area contributed by atoms with Crippen molar-refractivity contribution < 1.29 is 9.53 Å². The molecule has 0 heterocycles. The van der Waals surface area contributed by atoms with Crippen LogP contribution in [0.2, 0.25) is 0 Å². The fourth-order valence-corrected chi connectivity index (χ4v) is 1.04. The van der Waals surface area contributed by atoms with Crippen LogP contribution in [0.1, 0.15) is 13.8 Å². The SMILES string of the molecule is CC(C)(N)CNC(=O)COc1ccccc1. The van der Waals surface area contributed by atoms with Gasteiger partial charge < -0.3 is 15.8 Å². The monoisotopic (exact) mass is 222 g/mol. The first-order valence-electron chi connectivity index (χ1n) is 5.21. The largest absolute Gasteiger partial charge is 0.484 e. The van der Waals surface area contributed by atoms with Gasteiger partial charge in [-0.2, -0.15) is 0 Å². The van der Waals surface area contributed by atoms with Gasteiger partial charge in [-0.15, -0.1) is 0 Å². The van der Waals surface area contributed by atoms with Crippen LogP contribution < -0.4 is 15.8 Å². The van der Waals surface area contributed by atoms with Crippen molar-refractivity contribution in [1.82, 2.24) is 5.32 Å². The second-order valence-corrected chi connectivity index (χ2v) is 4.37. The minimum atomic E-state index is -0.400. The molecule has 0 aliphatic rings. The second kappa shape index (κ2) is 5.51. The molecule has 0 spiro atoms. The molecular formula is C12H18N2O2. The van der Waals surface area contributed by atoms with E-state index < -0.39 is 5.54 Å². The normalized spacial score (nSPS) is 10.9. The fraction of sp³-hybridized carbons (Fsp3) is 0.417. The topological polar surface area (TPSA) is 64.3 Å². The van der Waals surface area contributed by atoms with Gasteiger partial charge in [0.1, 0.15) is 5.75 Å². The van der Waals surface area contributed by atoms with Crippen molar-refractivity contribution in [1.29, 1.82) is 0 Å². The number of rotatable bonds is 5. The highest BCUT2D eigenvalue weighted by Crippen LogP contribution is 2.07. The van der Waals surface area contributed by atoms with Crippen LogP contribution in [0.15, 0.2) is 30.3 Å². The summed E-state index contributed by atoms with van der Waals surface area (Å²) in [4.78, 5) is 11.4. The molecule has 4 nitrogen and oxygen atoms in total. The maximum Gasteiger partial charge on any atom is 0.258 e. The zero-order valence-corrected chi connectivity index (χ0v) is 9.69. The zero-order chi connectivity index (χ0) is 12.0. The lowest BCUT2D eigenvalue weighted by Crippen LogP contribution is -2.46. The average molecular weight is 222 g/mol. The number of nitrogens with two attached hydrogens (primary N) is 1. The molecule has 1 aromatic carbocycles. The van der Waals surface area contributed by atoms with E-state index in [1.807, 2.05) is 32.0 Å². The zero-order valence-electron chi connectivity index (χ0n) is 9.69. The standard InChI is InChI=1S/C12H18N2O2/c1-12(2,13)9-14-11(15)8-16-10-6-4-3-5-7-10/h3-7H,8-9,13H2,1-2H3,(H,14,15). The minimum absolute atomic E-state index is 0.0140. The summed E-state index contributed by atoms with van der Waals surface area (Å²) in [7, 11) is 0. The summed E-state index contributed by atoms with van der Waals surface area (Å²) in [6, 6.07) is 9.22. The lowest BCUT2D eigenvalue weighted by Gasteiger charge is -2.18. The van der Waals surface area contributed by atoms with Crippen molar-refractivity contribution >= 4 is 5.91 Å². The number of amides is 1. The molecule has 0 radical (unpaired) electrons. The van der Waals surface area contributed by atoms with Crippen LogP contribution in [0.5, 0.6) is 5.75 Å². The van der Waals surface area contributed by atoms with E-state index >= 15 is 0 Å². The maximum atomic E-state index is 11.4. The number of hydrogen-bond donors (Lipinski definition) is 2. The highest BCUT2D eigenvalue weighted by molar-refractivity contribution is 5.77. The van der Waals surface area contributed by atoms with Gasteiger partial charge in [0.25, 0.3) is 5.91 Å². The van der Waals surface area contributed by atoms with Crippen molar-refractivity contribution in [3.8, 4) is 5.75 Å². The summed E-state index contributed by atoms with van der Waals surface area (Å²) in [6.07, 6.45) is 0. The Bertz CT molecular complexity index is 331. The lowest BCUT2D eigenvalue weighted by molar-refractivity contribution is -0.123. The summed E-state index contributed by atoms with van der Waals surface area (Å²) in [5.41, 5.74) is 5.34. The number of carbonyl (C=O) groups excluding carboxylic acids is 1. The van der Waals surface area contributed by atoms with E-state index in [0.717, 1.165) is 0 Å².